The maximum Gasteiger partial charge on any atom is 0.231 e. The monoisotopic (exact) mass is 366 g/mol. The average Bonchev–Trinajstić information content (AvgIpc) is 3.31. The molecule has 27 heavy (non-hydrogen) atoms. The van der Waals surface area contributed by atoms with Crippen LogP contribution in [0.15, 0.2) is 36.4 Å². The second-order valence-corrected chi connectivity index (χ2v) is 8.13. The van der Waals surface area contributed by atoms with E-state index < -0.39 is 0 Å². The Morgan fingerprint density at radius 3 is 1.67 bits per heavy atom. The molecule has 4 heteroatoms. The third-order valence-corrected chi connectivity index (χ3v) is 6.22. The van der Waals surface area contributed by atoms with Crippen LogP contribution in [0.2, 0.25) is 0 Å². The van der Waals surface area contributed by atoms with Gasteiger partial charge in [-0.2, -0.15) is 0 Å². The lowest BCUT2D eigenvalue weighted by Gasteiger charge is -2.29. The second kappa shape index (κ2) is 6.99. The predicted octanol–water partition coefficient (Wildman–Crippen LogP) is 5.61. The minimum atomic E-state index is 0.344. The van der Waals surface area contributed by atoms with Crippen LogP contribution in [-0.2, 0) is 0 Å². The summed E-state index contributed by atoms with van der Waals surface area (Å²) in [6, 6.07) is 13.0. The molecule has 0 radical (unpaired) electrons. The summed E-state index contributed by atoms with van der Waals surface area (Å²) >= 11 is 0. The van der Waals surface area contributed by atoms with Gasteiger partial charge in [-0.05, 0) is 78.8 Å². The van der Waals surface area contributed by atoms with Crippen LogP contribution in [0, 0.1) is 5.92 Å². The van der Waals surface area contributed by atoms with Gasteiger partial charge >= 0.3 is 0 Å². The lowest BCUT2D eigenvalue weighted by molar-refractivity contribution is 0.173. The molecule has 0 aromatic heterocycles. The first-order valence-corrected chi connectivity index (χ1v) is 10.1. The largest absolute Gasteiger partial charge is 0.454 e. The SMILES string of the molecule is CC1CC(c2ccc3c(c2)OCO3)CCCC(c2ccc3c(c2)OCO3)C1. The van der Waals surface area contributed by atoms with Crippen molar-refractivity contribution in [3.05, 3.63) is 47.5 Å². The Kier molecular flexibility index (Phi) is 4.35. The van der Waals surface area contributed by atoms with Crippen LogP contribution >= 0.6 is 0 Å². The van der Waals surface area contributed by atoms with Crippen LogP contribution in [0.5, 0.6) is 23.0 Å². The molecular formula is C23H26O4. The molecule has 0 saturated heterocycles. The minimum absolute atomic E-state index is 0.344. The molecule has 2 atom stereocenters. The van der Waals surface area contributed by atoms with Crippen LogP contribution in [0.4, 0.5) is 0 Å². The van der Waals surface area contributed by atoms with E-state index in [-0.39, 0.29) is 0 Å². The van der Waals surface area contributed by atoms with E-state index in [2.05, 4.69) is 43.3 Å². The zero-order valence-electron chi connectivity index (χ0n) is 15.8. The van der Waals surface area contributed by atoms with Crippen molar-refractivity contribution in [3.8, 4) is 23.0 Å². The zero-order valence-corrected chi connectivity index (χ0v) is 15.8. The summed E-state index contributed by atoms with van der Waals surface area (Å²) in [5, 5.41) is 0. The highest BCUT2D eigenvalue weighted by Crippen LogP contribution is 2.43. The highest BCUT2D eigenvalue weighted by atomic mass is 16.7. The molecule has 0 bridgehead atoms. The summed E-state index contributed by atoms with van der Waals surface area (Å²) in [5.41, 5.74) is 2.79. The first kappa shape index (κ1) is 16.8. The number of hydrogen-bond donors (Lipinski definition) is 0. The van der Waals surface area contributed by atoms with Gasteiger partial charge in [0.1, 0.15) is 0 Å². The molecule has 1 aliphatic carbocycles. The Morgan fingerprint density at radius 1 is 0.667 bits per heavy atom. The van der Waals surface area contributed by atoms with Gasteiger partial charge in [-0.15, -0.1) is 0 Å². The van der Waals surface area contributed by atoms with E-state index in [9.17, 15) is 0 Å². The molecule has 5 rings (SSSR count). The molecule has 2 unspecified atom stereocenters. The van der Waals surface area contributed by atoms with Crippen molar-refractivity contribution in [3.63, 3.8) is 0 Å². The van der Waals surface area contributed by atoms with Crippen LogP contribution in [0.3, 0.4) is 0 Å². The summed E-state index contributed by atoms with van der Waals surface area (Å²) in [6.07, 6.45) is 6.14. The van der Waals surface area contributed by atoms with Gasteiger partial charge in [0.2, 0.25) is 13.6 Å². The maximum atomic E-state index is 5.58. The molecule has 4 nitrogen and oxygen atoms in total. The molecule has 0 spiro atoms. The fraction of sp³-hybridized carbons (Fsp3) is 0.478. The topological polar surface area (TPSA) is 36.9 Å². The molecule has 0 amide bonds. The Labute approximate surface area is 160 Å². The van der Waals surface area contributed by atoms with Gasteiger partial charge in [0.05, 0.1) is 0 Å². The molecule has 3 aliphatic rings. The fourth-order valence-corrected chi connectivity index (χ4v) is 4.85. The lowest BCUT2D eigenvalue weighted by atomic mass is 9.76. The smallest absolute Gasteiger partial charge is 0.231 e. The zero-order chi connectivity index (χ0) is 18.2. The Hall–Kier alpha value is -2.36. The van der Waals surface area contributed by atoms with Crippen LogP contribution in [0.25, 0.3) is 0 Å². The van der Waals surface area contributed by atoms with Crippen molar-refractivity contribution in [1.29, 1.82) is 0 Å². The van der Waals surface area contributed by atoms with E-state index in [1.807, 2.05) is 0 Å². The van der Waals surface area contributed by atoms with Gasteiger partial charge < -0.3 is 18.9 Å². The maximum absolute atomic E-state index is 5.58. The number of benzene rings is 2. The van der Waals surface area contributed by atoms with Gasteiger partial charge in [-0.1, -0.05) is 25.5 Å². The highest BCUT2D eigenvalue weighted by Gasteiger charge is 2.26. The average molecular weight is 366 g/mol. The van der Waals surface area contributed by atoms with Crippen LogP contribution < -0.4 is 18.9 Å². The van der Waals surface area contributed by atoms with Gasteiger partial charge in [-0.25, -0.2) is 0 Å². The standard InChI is InChI=1S/C23H26O4/c1-15-9-16(18-5-7-20-22(11-18)26-13-24-20)3-2-4-17(10-15)19-6-8-21-23(12-19)27-14-25-21/h5-8,11-12,15-17H,2-4,9-10,13-14H2,1H3. The van der Waals surface area contributed by atoms with Crippen LogP contribution in [-0.4, -0.2) is 13.6 Å². The van der Waals surface area contributed by atoms with E-state index in [0.717, 1.165) is 23.0 Å². The van der Waals surface area contributed by atoms with E-state index in [0.29, 0.717) is 31.3 Å². The highest BCUT2D eigenvalue weighted by molar-refractivity contribution is 5.46. The molecule has 1 fully saturated rings. The summed E-state index contributed by atoms with van der Waals surface area (Å²) in [5.74, 6) is 5.44. The third kappa shape index (κ3) is 3.33. The minimum Gasteiger partial charge on any atom is -0.454 e. The van der Waals surface area contributed by atoms with Gasteiger partial charge in [-0.3, -0.25) is 0 Å². The van der Waals surface area contributed by atoms with Crippen molar-refractivity contribution in [1.82, 2.24) is 0 Å². The number of hydrogen-bond acceptors (Lipinski definition) is 4. The molecule has 2 aliphatic heterocycles. The molecule has 1 saturated carbocycles. The molecule has 2 aromatic carbocycles. The van der Waals surface area contributed by atoms with Crippen molar-refractivity contribution in [2.24, 2.45) is 5.92 Å². The Bertz CT molecular complexity index is 764. The third-order valence-electron chi connectivity index (χ3n) is 6.22. The summed E-state index contributed by atoms with van der Waals surface area (Å²) in [7, 11) is 0. The van der Waals surface area contributed by atoms with E-state index in [1.165, 1.54) is 43.2 Å². The summed E-state index contributed by atoms with van der Waals surface area (Å²) < 4.78 is 22.1. The normalized spacial score (nSPS) is 26.5. The lowest BCUT2D eigenvalue weighted by Crippen LogP contribution is -2.14. The Morgan fingerprint density at radius 2 is 1.15 bits per heavy atom. The van der Waals surface area contributed by atoms with Crippen molar-refractivity contribution in [2.75, 3.05) is 13.6 Å². The van der Waals surface area contributed by atoms with Crippen molar-refractivity contribution < 1.29 is 18.9 Å². The van der Waals surface area contributed by atoms with Gasteiger partial charge in [0.15, 0.2) is 23.0 Å². The molecule has 0 N–H and O–H groups in total. The predicted molar refractivity (Wildman–Crippen MR) is 103 cm³/mol. The van der Waals surface area contributed by atoms with Crippen molar-refractivity contribution >= 4 is 0 Å². The molecule has 2 heterocycles. The van der Waals surface area contributed by atoms with Crippen molar-refractivity contribution in [2.45, 2.75) is 50.9 Å². The molecule has 2 aromatic rings. The first-order valence-electron chi connectivity index (χ1n) is 10.1. The first-order chi connectivity index (χ1) is 13.3. The summed E-state index contributed by atoms with van der Waals surface area (Å²) in [4.78, 5) is 0. The van der Waals surface area contributed by atoms with Gasteiger partial charge in [0, 0.05) is 0 Å². The number of ether oxygens (including phenoxy) is 4. The molecule has 142 valence electrons. The summed E-state index contributed by atoms with van der Waals surface area (Å²) in [6.45, 7) is 3.08. The number of fused-ring (bicyclic) bond motifs is 2. The van der Waals surface area contributed by atoms with E-state index in [4.69, 9.17) is 18.9 Å². The van der Waals surface area contributed by atoms with E-state index >= 15 is 0 Å². The van der Waals surface area contributed by atoms with Gasteiger partial charge in [0.25, 0.3) is 0 Å². The fourth-order valence-electron chi connectivity index (χ4n) is 4.85. The quantitative estimate of drug-likeness (QED) is 0.692. The van der Waals surface area contributed by atoms with E-state index in [1.54, 1.807) is 0 Å². The number of rotatable bonds is 2. The second-order valence-electron chi connectivity index (χ2n) is 8.13. The van der Waals surface area contributed by atoms with Crippen LogP contribution in [0.1, 0.15) is 62.0 Å². The molecular weight excluding hydrogens is 340 g/mol. The Balaban J connectivity index is 1.30.